The minimum Gasteiger partial charge on any atom is -0.494 e. The Kier molecular flexibility index (Phi) is 5.58. The predicted octanol–water partition coefficient (Wildman–Crippen LogP) is 5.10. The Morgan fingerprint density at radius 3 is 2.76 bits per heavy atom. The number of hydrogen-bond acceptors (Lipinski definition) is 4. The van der Waals surface area contributed by atoms with Crippen LogP contribution in [0.4, 0.5) is 0 Å². The van der Waals surface area contributed by atoms with Crippen molar-refractivity contribution in [1.29, 1.82) is 0 Å². The molecule has 0 atom stereocenters. The van der Waals surface area contributed by atoms with Crippen molar-refractivity contribution in [3.8, 4) is 17.1 Å². The number of rotatable bonds is 8. The fourth-order valence-electron chi connectivity index (χ4n) is 3.79. The fraction of sp³-hybridized carbons (Fsp3) is 0.375. The van der Waals surface area contributed by atoms with E-state index in [2.05, 4.69) is 43.0 Å². The van der Waals surface area contributed by atoms with Gasteiger partial charge >= 0.3 is 5.97 Å². The lowest BCUT2D eigenvalue weighted by Gasteiger charge is -2.36. The quantitative estimate of drug-likeness (QED) is 0.539. The highest BCUT2D eigenvalue weighted by molar-refractivity contribution is 5.84. The summed E-state index contributed by atoms with van der Waals surface area (Å²) in [5.74, 6) is 0.808. The predicted molar refractivity (Wildman–Crippen MR) is 113 cm³/mol. The number of aryl methyl sites for hydroxylation is 1. The zero-order valence-electron chi connectivity index (χ0n) is 17.0. The molecule has 1 aliphatic rings. The first-order valence-electron chi connectivity index (χ1n) is 10.2. The first-order chi connectivity index (χ1) is 14.0. The maximum absolute atomic E-state index is 11.0. The first kappa shape index (κ1) is 19.5. The molecule has 1 fully saturated rings. The second-order valence-corrected chi connectivity index (χ2v) is 7.89. The zero-order valence-corrected chi connectivity index (χ0v) is 17.0. The van der Waals surface area contributed by atoms with Crippen molar-refractivity contribution in [2.24, 2.45) is 5.92 Å². The van der Waals surface area contributed by atoms with Crippen LogP contribution in [-0.2, 0) is 11.3 Å². The molecule has 152 valence electrons. The van der Waals surface area contributed by atoms with Gasteiger partial charge in [0.2, 0.25) is 0 Å². The highest BCUT2D eigenvalue weighted by Crippen LogP contribution is 2.32. The third-order valence-electron chi connectivity index (χ3n) is 5.52. The van der Waals surface area contributed by atoms with Crippen molar-refractivity contribution in [1.82, 2.24) is 4.90 Å². The minimum atomic E-state index is -0.698. The van der Waals surface area contributed by atoms with Crippen molar-refractivity contribution in [3.63, 3.8) is 0 Å². The number of ether oxygens (including phenoxy) is 1. The van der Waals surface area contributed by atoms with Gasteiger partial charge < -0.3 is 14.3 Å². The summed E-state index contributed by atoms with van der Waals surface area (Å²) in [6.07, 6.45) is 2.17. The Bertz CT molecular complexity index is 1020. The molecular weight excluding hydrogens is 366 g/mol. The second kappa shape index (κ2) is 8.29. The number of carboxylic acid groups (broad SMARTS) is 1. The van der Waals surface area contributed by atoms with E-state index in [1.807, 2.05) is 18.2 Å². The molecule has 3 aromatic rings. The molecule has 5 nitrogen and oxygen atoms in total. The molecule has 0 amide bonds. The van der Waals surface area contributed by atoms with E-state index in [1.165, 1.54) is 5.56 Å². The molecule has 1 aromatic heterocycles. The smallest absolute Gasteiger partial charge is 0.309 e. The molecule has 0 bridgehead atoms. The zero-order chi connectivity index (χ0) is 20.4. The van der Waals surface area contributed by atoms with Crippen molar-refractivity contribution in [2.75, 3.05) is 19.7 Å². The van der Waals surface area contributed by atoms with E-state index in [1.54, 1.807) is 0 Å². The van der Waals surface area contributed by atoms with Gasteiger partial charge in [-0.3, -0.25) is 9.69 Å². The maximum Gasteiger partial charge on any atom is 0.309 e. The number of unbranched alkanes of at least 4 members (excludes halogenated alkanes) is 1. The number of fused-ring (bicyclic) bond motifs is 1. The van der Waals surface area contributed by atoms with Crippen molar-refractivity contribution < 1.29 is 19.1 Å². The number of nitrogens with zero attached hydrogens (tertiary/aromatic N) is 1. The molecule has 1 N–H and O–H groups in total. The van der Waals surface area contributed by atoms with Crippen LogP contribution in [0.5, 0.6) is 5.75 Å². The molecule has 5 heteroatoms. The average Bonchev–Trinajstić information content (AvgIpc) is 3.07. The summed E-state index contributed by atoms with van der Waals surface area (Å²) >= 11 is 0. The van der Waals surface area contributed by atoms with Gasteiger partial charge in [-0.2, -0.15) is 0 Å². The Balaban J connectivity index is 1.47. The van der Waals surface area contributed by atoms with Gasteiger partial charge in [0.1, 0.15) is 17.1 Å². The molecule has 4 rings (SSSR count). The number of aliphatic carboxylic acids is 1. The van der Waals surface area contributed by atoms with Gasteiger partial charge in [-0.1, -0.05) is 31.5 Å². The molecular formula is C24H27NO4. The second-order valence-electron chi connectivity index (χ2n) is 7.89. The molecule has 2 aromatic carbocycles. The normalized spacial score (nSPS) is 14.8. The average molecular weight is 393 g/mol. The summed E-state index contributed by atoms with van der Waals surface area (Å²) in [5.41, 5.74) is 4.27. The fourth-order valence-corrected chi connectivity index (χ4v) is 3.79. The van der Waals surface area contributed by atoms with E-state index >= 15 is 0 Å². The van der Waals surface area contributed by atoms with Crippen LogP contribution < -0.4 is 4.74 Å². The van der Waals surface area contributed by atoms with Crippen LogP contribution in [0.1, 0.15) is 30.9 Å². The summed E-state index contributed by atoms with van der Waals surface area (Å²) < 4.78 is 11.9. The molecule has 0 spiro atoms. The molecule has 29 heavy (non-hydrogen) atoms. The SMILES string of the molecule is CCCCOc1ccc2oc(-c3ccc(CN4CC(C(=O)O)C4)cc3C)cc2c1. The van der Waals surface area contributed by atoms with Crippen LogP contribution in [0.25, 0.3) is 22.3 Å². The molecule has 1 aliphatic heterocycles. The van der Waals surface area contributed by atoms with E-state index in [0.717, 1.165) is 59.6 Å². The number of carboxylic acids is 1. The van der Waals surface area contributed by atoms with Gasteiger partial charge in [0.15, 0.2) is 0 Å². The molecule has 0 unspecified atom stereocenters. The number of likely N-dealkylation sites (tertiary alicyclic amines) is 1. The molecule has 1 saturated heterocycles. The van der Waals surface area contributed by atoms with Crippen LogP contribution in [0, 0.1) is 12.8 Å². The Morgan fingerprint density at radius 1 is 1.21 bits per heavy atom. The molecule has 0 radical (unpaired) electrons. The van der Waals surface area contributed by atoms with Crippen LogP contribution >= 0.6 is 0 Å². The molecule has 0 aliphatic carbocycles. The minimum absolute atomic E-state index is 0.221. The third kappa shape index (κ3) is 4.30. The molecule has 2 heterocycles. The summed E-state index contributed by atoms with van der Waals surface area (Å²) in [4.78, 5) is 13.1. The lowest BCUT2D eigenvalue weighted by molar-refractivity contribution is -0.147. The monoisotopic (exact) mass is 393 g/mol. The van der Waals surface area contributed by atoms with Gasteiger partial charge in [-0.15, -0.1) is 0 Å². The lowest BCUT2D eigenvalue weighted by Crippen LogP contribution is -2.49. The van der Waals surface area contributed by atoms with Crippen LogP contribution in [0.3, 0.4) is 0 Å². The van der Waals surface area contributed by atoms with Crippen molar-refractivity contribution >= 4 is 16.9 Å². The Labute approximate surface area is 170 Å². The summed E-state index contributed by atoms with van der Waals surface area (Å²) in [6.45, 7) is 7.01. The van der Waals surface area contributed by atoms with Crippen LogP contribution in [0.2, 0.25) is 0 Å². The Hall–Kier alpha value is -2.79. The van der Waals surface area contributed by atoms with E-state index in [9.17, 15) is 4.79 Å². The standard InChI is InChI=1S/C24H27NO4/c1-3-4-9-28-20-6-8-22-18(11-20)12-23(29-22)21-7-5-17(10-16(21)2)13-25-14-19(15-25)24(26)27/h5-8,10-12,19H,3-4,9,13-15H2,1-2H3,(H,26,27). The van der Waals surface area contributed by atoms with Gasteiger partial charge in [0.05, 0.1) is 12.5 Å². The van der Waals surface area contributed by atoms with Gasteiger partial charge in [-0.25, -0.2) is 0 Å². The maximum atomic E-state index is 11.0. The topological polar surface area (TPSA) is 62.9 Å². The van der Waals surface area contributed by atoms with Gasteiger partial charge in [-0.05, 0) is 48.7 Å². The van der Waals surface area contributed by atoms with Gasteiger partial charge in [0, 0.05) is 30.6 Å². The van der Waals surface area contributed by atoms with Crippen molar-refractivity contribution in [2.45, 2.75) is 33.2 Å². The summed E-state index contributed by atoms with van der Waals surface area (Å²) in [5, 5.41) is 10.0. The van der Waals surface area contributed by atoms with E-state index in [-0.39, 0.29) is 5.92 Å². The van der Waals surface area contributed by atoms with Crippen LogP contribution in [0.15, 0.2) is 46.9 Å². The van der Waals surface area contributed by atoms with E-state index in [0.29, 0.717) is 13.1 Å². The van der Waals surface area contributed by atoms with Crippen molar-refractivity contribution in [3.05, 3.63) is 53.6 Å². The summed E-state index contributed by atoms with van der Waals surface area (Å²) in [6, 6.07) is 14.4. The number of carbonyl (C=O) groups is 1. The first-order valence-corrected chi connectivity index (χ1v) is 10.2. The summed E-state index contributed by atoms with van der Waals surface area (Å²) in [7, 11) is 0. The van der Waals surface area contributed by atoms with E-state index in [4.69, 9.17) is 14.3 Å². The number of benzene rings is 2. The van der Waals surface area contributed by atoms with E-state index < -0.39 is 5.97 Å². The lowest BCUT2D eigenvalue weighted by atomic mass is 9.98. The highest BCUT2D eigenvalue weighted by atomic mass is 16.5. The third-order valence-corrected chi connectivity index (χ3v) is 5.52. The largest absolute Gasteiger partial charge is 0.494 e. The number of hydrogen-bond donors (Lipinski definition) is 1. The van der Waals surface area contributed by atoms with Gasteiger partial charge in [0.25, 0.3) is 0 Å². The Morgan fingerprint density at radius 2 is 2.03 bits per heavy atom. The van der Waals surface area contributed by atoms with Crippen LogP contribution in [-0.4, -0.2) is 35.7 Å². The highest BCUT2D eigenvalue weighted by Gasteiger charge is 2.32. The number of furan rings is 1. The molecule has 0 saturated carbocycles.